The molecular weight excluding hydrogens is 278 g/mol. The van der Waals surface area contributed by atoms with Gasteiger partial charge in [0.25, 0.3) is 0 Å². The molecule has 1 aliphatic rings. The maximum atomic E-state index is 6.08. The van der Waals surface area contributed by atoms with Crippen molar-refractivity contribution in [2.24, 2.45) is 0 Å². The van der Waals surface area contributed by atoms with Gasteiger partial charge in [0.2, 0.25) is 0 Å². The van der Waals surface area contributed by atoms with Crippen LogP contribution in [0.4, 0.5) is 5.69 Å². The molecule has 5 heteroatoms. The Bertz CT molecular complexity index is 429. The van der Waals surface area contributed by atoms with Crippen LogP contribution in [0.1, 0.15) is 45.1 Å². The van der Waals surface area contributed by atoms with E-state index in [4.69, 9.17) is 11.6 Å². The van der Waals surface area contributed by atoms with Crippen molar-refractivity contribution < 1.29 is 0 Å². The molecule has 1 fully saturated rings. The minimum Gasteiger partial charge on any atom is -0.367 e. The highest BCUT2D eigenvalue weighted by Gasteiger charge is 2.24. The van der Waals surface area contributed by atoms with Gasteiger partial charge in [-0.15, -0.1) is 11.6 Å². The van der Waals surface area contributed by atoms with Crippen LogP contribution in [0.2, 0.25) is 0 Å². The summed E-state index contributed by atoms with van der Waals surface area (Å²) in [5, 5.41) is 1.27. The van der Waals surface area contributed by atoms with E-state index < -0.39 is 0 Å². The van der Waals surface area contributed by atoms with Crippen LogP contribution in [-0.4, -0.2) is 33.6 Å². The molecule has 106 valence electrons. The first-order valence-electron chi connectivity index (χ1n) is 6.83. The Balaban J connectivity index is 2.28. The topological polar surface area (TPSA) is 29.0 Å². The normalized spacial score (nSPS) is 24.0. The van der Waals surface area contributed by atoms with Crippen LogP contribution in [0.15, 0.2) is 6.20 Å². The standard InChI is InChI=1S/C14H22ClN3S/c1-9(2)14-16-6-13(12(5-15)17-14)18-7-10(3)19-11(4)8-18/h6,9-11H,5,7-8H2,1-4H3. The Kier molecular flexibility index (Phi) is 4.96. The molecule has 1 aromatic rings. The van der Waals surface area contributed by atoms with Crippen LogP contribution >= 0.6 is 23.4 Å². The number of rotatable bonds is 3. The summed E-state index contributed by atoms with van der Waals surface area (Å²) in [6.45, 7) is 10.9. The monoisotopic (exact) mass is 299 g/mol. The molecule has 0 radical (unpaired) electrons. The number of hydrogen-bond donors (Lipinski definition) is 0. The molecule has 0 amide bonds. The predicted molar refractivity (Wildman–Crippen MR) is 84.4 cm³/mol. The highest BCUT2D eigenvalue weighted by molar-refractivity contribution is 8.00. The van der Waals surface area contributed by atoms with Gasteiger partial charge in [0.1, 0.15) is 5.82 Å². The molecule has 3 nitrogen and oxygen atoms in total. The lowest BCUT2D eigenvalue weighted by atomic mass is 10.2. The van der Waals surface area contributed by atoms with Crippen molar-refractivity contribution in [2.75, 3.05) is 18.0 Å². The molecule has 2 rings (SSSR count). The Labute approximate surface area is 125 Å². The average Bonchev–Trinajstić information content (AvgIpc) is 2.36. The molecular formula is C14H22ClN3S. The van der Waals surface area contributed by atoms with Crippen LogP contribution in [0.25, 0.3) is 0 Å². The minimum atomic E-state index is 0.339. The number of alkyl halides is 1. The van der Waals surface area contributed by atoms with E-state index in [1.807, 2.05) is 18.0 Å². The summed E-state index contributed by atoms with van der Waals surface area (Å²) in [7, 11) is 0. The fourth-order valence-corrected chi connectivity index (χ4v) is 3.96. The molecule has 2 atom stereocenters. The molecule has 0 aromatic carbocycles. The lowest BCUT2D eigenvalue weighted by Crippen LogP contribution is -2.41. The van der Waals surface area contributed by atoms with Crippen molar-refractivity contribution in [3.8, 4) is 0 Å². The van der Waals surface area contributed by atoms with Gasteiger partial charge in [-0.2, -0.15) is 11.8 Å². The number of aromatic nitrogens is 2. The number of halogens is 1. The second-order valence-corrected chi connectivity index (χ2v) is 7.66. The van der Waals surface area contributed by atoms with Gasteiger partial charge in [-0.05, 0) is 0 Å². The Hall–Kier alpha value is -0.480. The van der Waals surface area contributed by atoms with Crippen molar-refractivity contribution in [1.29, 1.82) is 0 Å². The highest BCUT2D eigenvalue weighted by Crippen LogP contribution is 2.30. The lowest BCUT2D eigenvalue weighted by Gasteiger charge is -2.36. The van der Waals surface area contributed by atoms with Gasteiger partial charge in [0, 0.05) is 29.5 Å². The van der Waals surface area contributed by atoms with Crippen molar-refractivity contribution in [3.63, 3.8) is 0 Å². The zero-order valence-electron chi connectivity index (χ0n) is 12.1. The van der Waals surface area contributed by atoms with Gasteiger partial charge in [0.05, 0.1) is 23.5 Å². The van der Waals surface area contributed by atoms with Gasteiger partial charge >= 0.3 is 0 Å². The summed E-state index contributed by atoms with van der Waals surface area (Å²) in [5.74, 6) is 1.67. The number of nitrogens with zero attached hydrogens (tertiary/aromatic N) is 3. The third-order valence-electron chi connectivity index (χ3n) is 3.27. The Morgan fingerprint density at radius 3 is 2.53 bits per heavy atom. The largest absolute Gasteiger partial charge is 0.367 e. The van der Waals surface area contributed by atoms with E-state index in [9.17, 15) is 0 Å². The van der Waals surface area contributed by atoms with E-state index in [0.717, 1.165) is 30.3 Å². The maximum Gasteiger partial charge on any atom is 0.131 e. The summed E-state index contributed by atoms with van der Waals surface area (Å²) in [4.78, 5) is 11.5. The van der Waals surface area contributed by atoms with Gasteiger partial charge in [-0.3, -0.25) is 0 Å². The summed E-state index contributed by atoms with van der Waals surface area (Å²) >= 11 is 8.12. The van der Waals surface area contributed by atoms with Gasteiger partial charge in [0.15, 0.2) is 0 Å². The van der Waals surface area contributed by atoms with Crippen molar-refractivity contribution in [3.05, 3.63) is 17.7 Å². The molecule has 0 N–H and O–H groups in total. The number of thioether (sulfide) groups is 1. The highest BCUT2D eigenvalue weighted by atomic mass is 35.5. The van der Waals surface area contributed by atoms with Gasteiger partial charge in [-0.25, -0.2) is 9.97 Å². The molecule has 1 saturated heterocycles. The quantitative estimate of drug-likeness (QED) is 0.796. The summed E-state index contributed by atoms with van der Waals surface area (Å²) < 4.78 is 0. The molecule has 0 saturated carbocycles. The van der Waals surface area contributed by atoms with E-state index in [2.05, 4.69) is 42.6 Å². The Morgan fingerprint density at radius 1 is 1.37 bits per heavy atom. The van der Waals surface area contributed by atoms with E-state index in [0.29, 0.717) is 22.3 Å². The van der Waals surface area contributed by atoms with E-state index in [-0.39, 0.29) is 0 Å². The third kappa shape index (κ3) is 3.54. The first-order valence-corrected chi connectivity index (χ1v) is 8.31. The molecule has 1 aliphatic heterocycles. The van der Waals surface area contributed by atoms with Crippen LogP contribution in [0, 0.1) is 0 Å². The van der Waals surface area contributed by atoms with Crippen LogP contribution in [-0.2, 0) is 5.88 Å². The fourth-order valence-electron chi connectivity index (χ4n) is 2.44. The van der Waals surface area contributed by atoms with Crippen molar-refractivity contribution in [2.45, 2.75) is 50.0 Å². The minimum absolute atomic E-state index is 0.339. The molecule has 0 bridgehead atoms. The maximum absolute atomic E-state index is 6.08. The Morgan fingerprint density at radius 2 is 2.00 bits per heavy atom. The zero-order valence-corrected chi connectivity index (χ0v) is 13.6. The molecule has 2 heterocycles. The zero-order chi connectivity index (χ0) is 14.0. The third-order valence-corrected chi connectivity index (χ3v) is 4.75. The van der Waals surface area contributed by atoms with Crippen molar-refractivity contribution >= 4 is 29.1 Å². The molecule has 0 spiro atoms. The number of hydrogen-bond acceptors (Lipinski definition) is 4. The van der Waals surface area contributed by atoms with Crippen molar-refractivity contribution in [1.82, 2.24) is 9.97 Å². The molecule has 2 unspecified atom stereocenters. The molecule has 1 aromatic heterocycles. The summed E-state index contributed by atoms with van der Waals surface area (Å²) in [5.41, 5.74) is 2.07. The van der Waals surface area contributed by atoms with E-state index in [1.54, 1.807) is 0 Å². The molecule has 19 heavy (non-hydrogen) atoms. The fraction of sp³-hybridized carbons (Fsp3) is 0.714. The number of anilines is 1. The van der Waals surface area contributed by atoms with E-state index in [1.165, 1.54) is 0 Å². The van der Waals surface area contributed by atoms with Gasteiger partial charge < -0.3 is 4.90 Å². The van der Waals surface area contributed by atoms with Crippen LogP contribution < -0.4 is 4.90 Å². The average molecular weight is 300 g/mol. The van der Waals surface area contributed by atoms with Gasteiger partial charge in [-0.1, -0.05) is 27.7 Å². The molecule has 0 aliphatic carbocycles. The second kappa shape index (κ2) is 6.31. The SMILES string of the molecule is CC1CN(c2cnc(C(C)C)nc2CCl)CC(C)S1. The van der Waals surface area contributed by atoms with E-state index >= 15 is 0 Å². The first kappa shape index (κ1) is 14.9. The smallest absolute Gasteiger partial charge is 0.131 e. The van der Waals surface area contributed by atoms with Crippen LogP contribution in [0.3, 0.4) is 0 Å². The first-order chi connectivity index (χ1) is 9.01. The summed E-state index contributed by atoms with van der Waals surface area (Å²) in [6.07, 6.45) is 1.95. The second-order valence-electron chi connectivity index (χ2n) is 5.51. The summed E-state index contributed by atoms with van der Waals surface area (Å²) in [6, 6.07) is 0. The van der Waals surface area contributed by atoms with Crippen LogP contribution in [0.5, 0.6) is 0 Å². The predicted octanol–water partition coefficient (Wildman–Crippen LogP) is 3.67. The lowest BCUT2D eigenvalue weighted by molar-refractivity contribution is 0.710.